The Kier molecular flexibility index (Phi) is 3.93. The predicted octanol–water partition coefficient (Wildman–Crippen LogP) is 4.52. The van der Waals surface area contributed by atoms with Crippen LogP contribution in [-0.2, 0) is 0 Å². The molecule has 1 atom stereocenters. The van der Waals surface area contributed by atoms with Gasteiger partial charge in [-0.3, -0.25) is 9.69 Å². The van der Waals surface area contributed by atoms with Gasteiger partial charge in [-0.05, 0) is 36.4 Å². The number of rotatable bonds is 2. The second kappa shape index (κ2) is 6.28. The van der Waals surface area contributed by atoms with Gasteiger partial charge in [0.1, 0.15) is 6.17 Å². The molecule has 3 N–H and O–H groups in total. The van der Waals surface area contributed by atoms with Crippen molar-refractivity contribution in [3.05, 3.63) is 82.9 Å². The minimum Gasteiger partial charge on any atom is -0.504 e. The molecule has 0 aliphatic carbocycles. The molecule has 26 heavy (non-hydrogen) atoms. The van der Waals surface area contributed by atoms with Crippen LogP contribution in [0.25, 0.3) is 0 Å². The highest BCUT2D eigenvalue weighted by Gasteiger charge is 2.34. The van der Waals surface area contributed by atoms with Crippen LogP contribution < -0.4 is 10.2 Å². The van der Waals surface area contributed by atoms with Crippen molar-refractivity contribution in [1.82, 2.24) is 0 Å². The Balaban J connectivity index is 1.89. The van der Waals surface area contributed by atoms with E-state index < -0.39 is 6.17 Å². The van der Waals surface area contributed by atoms with Crippen LogP contribution in [0.1, 0.15) is 22.1 Å². The molecule has 5 nitrogen and oxygen atoms in total. The van der Waals surface area contributed by atoms with Crippen molar-refractivity contribution in [3.63, 3.8) is 0 Å². The second-order valence-corrected chi connectivity index (χ2v) is 6.38. The summed E-state index contributed by atoms with van der Waals surface area (Å²) < 4.78 is 0. The standard InChI is InChI=1S/C20H15ClN2O3/c21-15-10-12(11-17(24)18(15)25)19-22-16-9-5-4-8-14(16)20(26)23(19)13-6-2-1-3-7-13/h1-11,19,22,24-25H/t19-/m0/s1. The SMILES string of the molecule is O=C1c2ccccc2N[C@H](c2cc(O)c(O)c(Cl)c2)N1c1ccccc1. The maximum absolute atomic E-state index is 13.2. The van der Waals surface area contributed by atoms with Gasteiger partial charge < -0.3 is 15.5 Å². The molecule has 3 aromatic carbocycles. The maximum Gasteiger partial charge on any atom is 0.262 e. The summed E-state index contributed by atoms with van der Waals surface area (Å²) in [6, 6.07) is 19.4. The van der Waals surface area contributed by atoms with Crippen LogP contribution in [0.5, 0.6) is 11.5 Å². The number of phenols is 2. The number of hydrogen-bond acceptors (Lipinski definition) is 4. The number of nitrogens with one attached hydrogen (secondary N) is 1. The van der Waals surface area contributed by atoms with Crippen molar-refractivity contribution in [2.24, 2.45) is 0 Å². The molecule has 0 fully saturated rings. The highest BCUT2D eigenvalue weighted by molar-refractivity contribution is 6.32. The first-order valence-corrected chi connectivity index (χ1v) is 8.39. The van der Waals surface area contributed by atoms with Gasteiger partial charge in [-0.25, -0.2) is 0 Å². The third kappa shape index (κ3) is 2.62. The third-order valence-electron chi connectivity index (χ3n) is 4.34. The lowest BCUT2D eigenvalue weighted by atomic mass is 10.0. The van der Waals surface area contributed by atoms with E-state index in [0.29, 0.717) is 22.5 Å². The molecule has 1 amide bonds. The van der Waals surface area contributed by atoms with Gasteiger partial charge in [-0.1, -0.05) is 41.9 Å². The molecule has 0 radical (unpaired) electrons. The van der Waals surface area contributed by atoms with E-state index in [-0.39, 0.29) is 22.4 Å². The van der Waals surface area contributed by atoms with Crippen LogP contribution in [0.4, 0.5) is 11.4 Å². The number of benzene rings is 3. The van der Waals surface area contributed by atoms with Crippen molar-refractivity contribution in [1.29, 1.82) is 0 Å². The number of carbonyl (C=O) groups is 1. The Morgan fingerprint density at radius 3 is 2.38 bits per heavy atom. The van der Waals surface area contributed by atoms with Crippen molar-refractivity contribution in [2.75, 3.05) is 10.2 Å². The van der Waals surface area contributed by atoms with Gasteiger partial charge in [0.05, 0.1) is 10.6 Å². The minimum absolute atomic E-state index is 0.0149. The zero-order valence-corrected chi connectivity index (χ0v) is 14.3. The monoisotopic (exact) mass is 366 g/mol. The third-order valence-corrected chi connectivity index (χ3v) is 4.63. The van der Waals surface area contributed by atoms with Gasteiger partial charge >= 0.3 is 0 Å². The summed E-state index contributed by atoms with van der Waals surface area (Å²) in [5.41, 5.74) is 2.50. The number of aromatic hydroxyl groups is 2. The number of phenolic OH excluding ortho intramolecular Hbond substituents is 2. The number of carbonyl (C=O) groups excluding carboxylic acids is 1. The molecule has 130 valence electrons. The van der Waals surface area contributed by atoms with E-state index in [1.165, 1.54) is 12.1 Å². The zero-order valence-electron chi connectivity index (χ0n) is 13.6. The van der Waals surface area contributed by atoms with Crippen LogP contribution >= 0.6 is 11.6 Å². The first kappa shape index (κ1) is 16.3. The van der Waals surface area contributed by atoms with Gasteiger partial charge in [0.25, 0.3) is 5.91 Å². The normalized spacial score (nSPS) is 16.1. The smallest absolute Gasteiger partial charge is 0.262 e. The van der Waals surface area contributed by atoms with E-state index >= 15 is 0 Å². The van der Waals surface area contributed by atoms with Crippen LogP contribution in [0.15, 0.2) is 66.7 Å². The summed E-state index contributed by atoms with van der Waals surface area (Å²) in [5, 5.41) is 23.0. The number of fused-ring (bicyclic) bond motifs is 1. The lowest BCUT2D eigenvalue weighted by molar-refractivity contribution is 0.0975. The van der Waals surface area contributed by atoms with E-state index in [9.17, 15) is 15.0 Å². The highest BCUT2D eigenvalue weighted by Crippen LogP contribution is 2.41. The largest absolute Gasteiger partial charge is 0.504 e. The molecule has 0 saturated heterocycles. The topological polar surface area (TPSA) is 72.8 Å². The number of anilines is 2. The Morgan fingerprint density at radius 1 is 0.962 bits per heavy atom. The summed E-state index contributed by atoms with van der Waals surface area (Å²) in [6.07, 6.45) is -0.594. The van der Waals surface area contributed by atoms with Gasteiger partial charge in [-0.15, -0.1) is 0 Å². The highest BCUT2D eigenvalue weighted by atomic mass is 35.5. The summed E-state index contributed by atoms with van der Waals surface area (Å²) in [4.78, 5) is 14.8. The van der Waals surface area contributed by atoms with E-state index in [2.05, 4.69) is 5.32 Å². The fraction of sp³-hybridized carbons (Fsp3) is 0.0500. The Labute approximate surface area is 155 Å². The summed E-state index contributed by atoms with van der Waals surface area (Å²) in [7, 11) is 0. The summed E-state index contributed by atoms with van der Waals surface area (Å²) >= 11 is 6.03. The van der Waals surface area contributed by atoms with Gasteiger partial charge in [0.2, 0.25) is 0 Å². The molecule has 0 bridgehead atoms. The van der Waals surface area contributed by atoms with E-state index in [4.69, 9.17) is 11.6 Å². The number of para-hydroxylation sites is 2. The lowest BCUT2D eigenvalue weighted by Crippen LogP contribution is -2.43. The van der Waals surface area contributed by atoms with E-state index in [1.54, 1.807) is 11.0 Å². The fourth-order valence-corrected chi connectivity index (χ4v) is 3.33. The number of halogens is 1. The van der Waals surface area contributed by atoms with Gasteiger partial charge in [0, 0.05) is 16.9 Å². The number of amides is 1. The van der Waals surface area contributed by atoms with Crippen molar-refractivity contribution in [2.45, 2.75) is 6.17 Å². The Bertz CT molecular complexity index is 968. The molecule has 4 rings (SSSR count). The molecule has 0 saturated carbocycles. The van der Waals surface area contributed by atoms with Crippen LogP contribution in [0.3, 0.4) is 0 Å². The Morgan fingerprint density at radius 2 is 1.65 bits per heavy atom. The molecular formula is C20H15ClN2O3. The van der Waals surface area contributed by atoms with E-state index in [0.717, 1.165) is 0 Å². The van der Waals surface area contributed by atoms with Gasteiger partial charge in [0.15, 0.2) is 11.5 Å². The van der Waals surface area contributed by atoms with Crippen molar-refractivity contribution < 1.29 is 15.0 Å². The van der Waals surface area contributed by atoms with Crippen LogP contribution in [0.2, 0.25) is 5.02 Å². The molecule has 0 spiro atoms. The molecule has 1 aliphatic heterocycles. The number of hydrogen-bond donors (Lipinski definition) is 3. The van der Waals surface area contributed by atoms with Gasteiger partial charge in [-0.2, -0.15) is 0 Å². The van der Waals surface area contributed by atoms with Crippen LogP contribution in [0, 0.1) is 0 Å². The maximum atomic E-state index is 13.2. The molecule has 1 aliphatic rings. The molecule has 0 unspecified atom stereocenters. The fourth-order valence-electron chi connectivity index (χ4n) is 3.10. The molecule has 1 heterocycles. The second-order valence-electron chi connectivity index (χ2n) is 5.97. The molecule has 3 aromatic rings. The average molecular weight is 367 g/mol. The van der Waals surface area contributed by atoms with E-state index in [1.807, 2.05) is 48.5 Å². The lowest BCUT2D eigenvalue weighted by Gasteiger charge is -2.38. The van der Waals surface area contributed by atoms with Crippen LogP contribution in [-0.4, -0.2) is 16.1 Å². The number of nitrogens with zero attached hydrogens (tertiary/aromatic N) is 1. The van der Waals surface area contributed by atoms with Crippen molar-refractivity contribution >= 4 is 28.9 Å². The average Bonchev–Trinajstić information content (AvgIpc) is 2.66. The summed E-state index contributed by atoms with van der Waals surface area (Å²) in [5.74, 6) is -0.892. The predicted molar refractivity (Wildman–Crippen MR) is 101 cm³/mol. The summed E-state index contributed by atoms with van der Waals surface area (Å²) in [6.45, 7) is 0. The zero-order chi connectivity index (χ0) is 18.3. The quantitative estimate of drug-likeness (QED) is 0.583. The minimum atomic E-state index is -0.594. The molecule has 6 heteroatoms. The van der Waals surface area contributed by atoms with Crippen molar-refractivity contribution in [3.8, 4) is 11.5 Å². The first-order valence-electron chi connectivity index (χ1n) is 8.02. The molecule has 0 aromatic heterocycles. The first-order chi connectivity index (χ1) is 12.6. The Hall–Kier alpha value is -3.18. The molecular weight excluding hydrogens is 352 g/mol.